The minimum absolute atomic E-state index is 0.136. The number of aromatic amines is 1. The summed E-state index contributed by atoms with van der Waals surface area (Å²) < 4.78 is 25.3. The Hall–Kier alpha value is -1.39. The molecular weight excluding hydrogens is 336 g/mol. The van der Waals surface area contributed by atoms with Gasteiger partial charge < -0.3 is 18.8 Å². The lowest BCUT2D eigenvalue weighted by molar-refractivity contribution is -0.0739. The van der Waals surface area contributed by atoms with Crippen molar-refractivity contribution in [3.63, 3.8) is 0 Å². The third kappa shape index (κ3) is 4.37. The van der Waals surface area contributed by atoms with Crippen molar-refractivity contribution in [2.45, 2.75) is 38.4 Å². The fraction of sp³-hybridized carbons (Fsp3) is 0.600. The Morgan fingerprint density at radius 2 is 2.21 bits per heavy atom. The monoisotopic (exact) mass is 361 g/mol. The van der Waals surface area contributed by atoms with E-state index < -0.39 is 45.3 Å². The van der Waals surface area contributed by atoms with Crippen molar-refractivity contribution in [3.05, 3.63) is 32.6 Å². The Morgan fingerprint density at radius 1 is 1.50 bits per heavy atom. The molecule has 1 fully saturated rings. The van der Waals surface area contributed by atoms with Crippen LogP contribution in [0.2, 0.25) is 0 Å². The van der Waals surface area contributed by atoms with Gasteiger partial charge in [-0.05, 0) is 20.1 Å². The van der Waals surface area contributed by atoms with Crippen LogP contribution in [-0.4, -0.2) is 64.2 Å². The Bertz CT molecular complexity index is 818. The van der Waals surface area contributed by atoms with Gasteiger partial charge in [-0.2, -0.15) is 0 Å². The highest BCUT2D eigenvalue weighted by molar-refractivity contribution is 8.23. The molecule has 8 nitrogen and oxygen atoms in total. The lowest BCUT2D eigenvalue weighted by Gasteiger charge is -2.22. The molecular formula is C15H24N2O6S. The van der Waals surface area contributed by atoms with Gasteiger partial charge in [0.2, 0.25) is 0 Å². The van der Waals surface area contributed by atoms with E-state index in [1.54, 1.807) is 13.2 Å². The van der Waals surface area contributed by atoms with Gasteiger partial charge in [0.15, 0.2) is 6.23 Å². The topological polar surface area (TPSA) is 103 Å². The maximum Gasteiger partial charge on any atom is 0.330 e. The zero-order chi connectivity index (χ0) is 18.8. The van der Waals surface area contributed by atoms with Gasteiger partial charge >= 0.3 is 5.69 Å². The summed E-state index contributed by atoms with van der Waals surface area (Å²) >= 11 is 0. The van der Waals surface area contributed by atoms with Crippen LogP contribution in [0.25, 0.3) is 0 Å². The molecule has 1 aliphatic heterocycles. The van der Waals surface area contributed by atoms with Crippen molar-refractivity contribution < 1.29 is 20.1 Å². The van der Waals surface area contributed by atoms with Crippen molar-refractivity contribution in [2.24, 2.45) is 0 Å². The van der Waals surface area contributed by atoms with Gasteiger partial charge in [0.1, 0.15) is 12.2 Å². The van der Waals surface area contributed by atoms with E-state index in [4.69, 9.17) is 15.0 Å². The average Bonchev–Trinajstić information content (AvgIpc) is 2.82. The van der Waals surface area contributed by atoms with Crippen molar-refractivity contribution in [1.82, 2.24) is 9.55 Å². The molecule has 0 aliphatic carbocycles. The van der Waals surface area contributed by atoms with E-state index in [2.05, 4.69) is 16.7 Å². The van der Waals surface area contributed by atoms with Crippen LogP contribution in [0, 0.1) is 6.92 Å². The summed E-state index contributed by atoms with van der Waals surface area (Å²) in [5.74, 6) is 7.58. The summed E-state index contributed by atoms with van der Waals surface area (Å²) in [6, 6.07) is 0. The zero-order valence-electron chi connectivity index (χ0n) is 14.8. The molecule has 0 bridgehead atoms. The molecule has 4 atom stereocenters. The van der Waals surface area contributed by atoms with Crippen LogP contribution in [0.3, 0.4) is 0 Å². The molecule has 1 aromatic heterocycles. The van der Waals surface area contributed by atoms with E-state index in [1.807, 2.05) is 0 Å². The van der Waals surface area contributed by atoms with Crippen LogP contribution in [0.1, 0.15) is 20.1 Å². The zero-order valence-corrected chi connectivity index (χ0v) is 14.6. The van der Waals surface area contributed by atoms with Gasteiger partial charge in [-0.25, -0.2) is 4.79 Å². The normalized spacial score (nSPS) is 28.0. The molecule has 2 rings (SSSR count). The third-order valence-corrected chi connectivity index (χ3v) is 4.23. The first kappa shape index (κ1) is 17.4. The third-order valence-electron chi connectivity index (χ3n) is 3.49. The quantitative estimate of drug-likeness (QED) is 0.535. The van der Waals surface area contributed by atoms with Gasteiger partial charge in [0.25, 0.3) is 5.56 Å². The highest BCUT2D eigenvalue weighted by Crippen LogP contribution is 2.30. The number of hydrogen-bond donors (Lipinski definition) is 2. The number of aryl methyl sites for hydroxylation is 1. The second-order valence-corrected chi connectivity index (χ2v) is 8.48. The summed E-state index contributed by atoms with van der Waals surface area (Å²) in [6.45, 7) is 1.72. The first-order valence-electron chi connectivity index (χ1n) is 8.00. The largest absolute Gasteiger partial charge is 0.388 e. The van der Waals surface area contributed by atoms with E-state index in [0.717, 1.165) is 0 Å². The first-order chi connectivity index (χ1) is 11.6. The van der Waals surface area contributed by atoms with Crippen LogP contribution < -0.4 is 11.2 Å². The molecule has 1 aliphatic rings. The van der Waals surface area contributed by atoms with Crippen LogP contribution >= 0.6 is 9.49 Å². The van der Waals surface area contributed by atoms with E-state index in [9.17, 15) is 14.7 Å². The molecule has 136 valence electrons. The number of aliphatic hydroxyl groups excluding tert-OH is 1. The number of nitrogens with zero attached hydrogens (tertiary/aromatic N) is 1. The molecule has 2 N–H and O–H groups in total. The summed E-state index contributed by atoms with van der Waals surface area (Å²) in [6.07, 6.45) is -0.580. The smallest absolute Gasteiger partial charge is 0.330 e. The number of ether oxygens (including phenoxy) is 2. The molecule has 0 aromatic carbocycles. The summed E-state index contributed by atoms with van der Waals surface area (Å²) in [5, 5.41) is 10.3. The first-order valence-corrected chi connectivity index (χ1v) is 9.59. The van der Waals surface area contributed by atoms with Crippen LogP contribution in [0.5, 0.6) is 0 Å². The maximum atomic E-state index is 12.1. The maximum absolute atomic E-state index is 12.1. The second-order valence-electron chi connectivity index (χ2n) is 5.88. The summed E-state index contributed by atoms with van der Waals surface area (Å²) in [4.78, 5) is 25.8. The number of nitrogens with one attached hydrogen (secondary N) is 1. The Balaban J connectivity index is 2.20. The number of hydrogen-bond acceptors (Lipinski definition) is 6. The van der Waals surface area contributed by atoms with Crippen molar-refractivity contribution in [2.75, 3.05) is 19.5 Å². The highest BCUT2D eigenvalue weighted by atomic mass is 32.2. The summed E-state index contributed by atoms with van der Waals surface area (Å²) in [7, 11) is -1.63. The second kappa shape index (κ2) is 7.24. The lowest BCUT2D eigenvalue weighted by atomic mass is 10.1. The molecule has 0 amide bonds. The number of H-pyrrole nitrogens is 1. The van der Waals surface area contributed by atoms with Crippen molar-refractivity contribution in [3.8, 4) is 0 Å². The SMILES string of the molecule is [2H]C[C@H]1O[C@@H](n2cc(C)c(=O)[nH]c2=O)[C@@H](OCCOS(=C)(=C)C)C1O. The minimum Gasteiger partial charge on any atom is -0.388 e. The minimum atomic E-state index is -1.63. The molecule has 2 heterocycles. The van der Waals surface area contributed by atoms with E-state index in [1.165, 1.54) is 10.8 Å². The molecule has 9 heteroatoms. The van der Waals surface area contributed by atoms with E-state index in [0.29, 0.717) is 5.56 Å². The molecule has 1 unspecified atom stereocenters. The molecule has 24 heavy (non-hydrogen) atoms. The highest BCUT2D eigenvalue weighted by Gasteiger charge is 2.43. The Kier molecular flexibility index (Phi) is 5.26. The van der Waals surface area contributed by atoms with Crippen LogP contribution in [0.4, 0.5) is 0 Å². The summed E-state index contributed by atoms with van der Waals surface area (Å²) in [5.41, 5.74) is -0.839. The van der Waals surface area contributed by atoms with Gasteiger partial charge in [-0.1, -0.05) is 11.7 Å². The van der Waals surface area contributed by atoms with Gasteiger partial charge in [-0.3, -0.25) is 14.3 Å². The number of aromatic nitrogens is 2. The molecule has 1 aromatic rings. The Morgan fingerprint density at radius 3 is 2.83 bits per heavy atom. The van der Waals surface area contributed by atoms with E-state index >= 15 is 0 Å². The number of rotatable bonds is 6. The average molecular weight is 361 g/mol. The van der Waals surface area contributed by atoms with Crippen LogP contribution in [0.15, 0.2) is 15.8 Å². The lowest BCUT2D eigenvalue weighted by Crippen LogP contribution is -2.40. The van der Waals surface area contributed by atoms with Crippen molar-refractivity contribution in [1.29, 1.82) is 0 Å². The molecule has 0 radical (unpaired) electrons. The predicted octanol–water partition coefficient (Wildman–Crippen LogP) is -0.262. The fourth-order valence-corrected chi connectivity index (χ4v) is 2.79. The van der Waals surface area contributed by atoms with Gasteiger partial charge in [0, 0.05) is 13.1 Å². The molecule has 1 saturated heterocycles. The van der Waals surface area contributed by atoms with Gasteiger partial charge in [-0.15, -0.1) is 9.49 Å². The molecule has 0 spiro atoms. The van der Waals surface area contributed by atoms with Gasteiger partial charge in [0.05, 0.1) is 19.3 Å². The van der Waals surface area contributed by atoms with Crippen LogP contribution in [-0.2, 0) is 13.7 Å². The standard InChI is InChI=1S/C15H24N2O6S/c1-9-8-17(15(20)16-13(9)19)14-12(11(18)10(2)23-14)21-6-7-22-24(3,4)5/h8,10-12,14,18H,3-4,6-7H2,1-2,5H3,(H,16,19,20)/t10-,11?,12+,14-/m1/s1/i2D. The fourth-order valence-electron chi connectivity index (χ4n) is 2.32. The van der Waals surface area contributed by atoms with Crippen molar-refractivity contribution >= 4 is 21.2 Å². The Labute approximate surface area is 142 Å². The predicted molar refractivity (Wildman–Crippen MR) is 95.1 cm³/mol. The molecule has 0 saturated carbocycles. The van der Waals surface area contributed by atoms with E-state index in [-0.39, 0.29) is 20.1 Å². The number of aliphatic hydroxyl groups is 1.